The van der Waals surface area contributed by atoms with Crippen LogP contribution in [0.1, 0.15) is 32.3 Å². The Morgan fingerprint density at radius 3 is 2.48 bits per heavy atom. The minimum absolute atomic E-state index is 0.0476. The molecule has 0 atom stereocenters. The van der Waals surface area contributed by atoms with Gasteiger partial charge in [-0.3, -0.25) is 10.1 Å². The Hall–Kier alpha value is -1.18. The molecule has 0 N–H and O–H groups in total. The highest BCUT2D eigenvalue weighted by Gasteiger charge is 2.42. The molecule has 21 heavy (non-hydrogen) atoms. The van der Waals surface area contributed by atoms with Gasteiger partial charge in [0.25, 0.3) is 5.69 Å². The molecule has 1 saturated heterocycles. The Morgan fingerprint density at radius 2 is 2.00 bits per heavy atom. The van der Waals surface area contributed by atoms with E-state index in [9.17, 15) is 18.5 Å². The zero-order valence-corrected chi connectivity index (χ0v) is 13.7. The summed E-state index contributed by atoms with van der Waals surface area (Å²) in [6, 6.07) is 2.39. The van der Waals surface area contributed by atoms with Crippen LogP contribution in [0.3, 0.4) is 0 Å². The maximum atomic E-state index is 12.8. The second-order valence-electron chi connectivity index (χ2n) is 5.82. The fourth-order valence-electron chi connectivity index (χ4n) is 2.71. The standard InChI is InChI=1S/C13H17ClN2O4S/c1-9-7-10(14)11(16(17)18)8-12(9)21(19,20)15-6-4-5-13(15,2)3/h7-8H,4-6H2,1-3H3. The fraction of sp³-hybridized carbons (Fsp3) is 0.538. The summed E-state index contributed by atoms with van der Waals surface area (Å²) in [4.78, 5) is 10.3. The lowest BCUT2D eigenvalue weighted by Crippen LogP contribution is -2.42. The van der Waals surface area contributed by atoms with Crippen molar-refractivity contribution in [1.82, 2.24) is 4.31 Å². The molecule has 8 heteroatoms. The number of aryl methyl sites for hydroxylation is 1. The summed E-state index contributed by atoms with van der Waals surface area (Å²) >= 11 is 5.81. The normalized spacial score (nSPS) is 18.9. The predicted octanol–water partition coefficient (Wildman–Crippen LogP) is 3.12. The first-order chi connectivity index (χ1) is 9.57. The average Bonchev–Trinajstić information content (AvgIpc) is 2.68. The van der Waals surface area contributed by atoms with E-state index >= 15 is 0 Å². The monoisotopic (exact) mass is 332 g/mol. The molecule has 6 nitrogen and oxygen atoms in total. The van der Waals surface area contributed by atoms with Gasteiger partial charge < -0.3 is 0 Å². The van der Waals surface area contributed by atoms with E-state index in [1.165, 1.54) is 10.4 Å². The molecule has 1 aromatic carbocycles. The van der Waals surface area contributed by atoms with Gasteiger partial charge in [0, 0.05) is 18.2 Å². The Morgan fingerprint density at radius 1 is 1.38 bits per heavy atom. The van der Waals surface area contributed by atoms with Crippen LogP contribution >= 0.6 is 11.6 Å². The molecule has 1 aliphatic heterocycles. The molecule has 0 aromatic heterocycles. The molecule has 0 radical (unpaired) electrons. The van der Waals surface area contributed by atoms with E-state index in [0.717, 1.165) is 18.9 Å². The molecule has 0 spiro atoms. The molecule has 116 valence electrons. The van der Waals surface area contributed by atoms with Gasteiger partial charge >= 0.3 is 0 Å². The van der Waals surface area contributed by atoms with Crippen molar-refractivity contribution in [3.05, 3.63) is 32.8 Å². The van der Waals surface area contributed by atoms with Crippen molar-refractivity contribution in [2.45, 2.75) is 44.0 Å². The van der Waals surface area contributed by atoms with Crippen molar-refractivity contribution < 1.29 is 13.3 Å². The largest absolute Gasteiger partial charge is 0.289 e. The summed E-state index contributed by atoms with van der Waals surface area (Å²) in [5, 5.41) is 10.9. The lowest BCUT2D eigenvalue weighted by atomic mass is 10.0. The van der Waals surface area contributed by atoms with Gasteiger partial charge in [0.2, 0.25) is 10.0 Å². The van der Waals surface area contributed by atoms with Gasteiger partial charge in [-0.25, -0.2) is 8.42 Å². The third kappa shape index (κ3) is 2.77. The van der Waals surface area contributed by atoms with Gasteiger partial charge in [-0.2, -0.15) is 4.31 Å². The van der Waals surface area contributed by atoms with Crippen molar-refractivity contribution in [3.8, 4) is 0 Å². The van der Waals surface area contributed by atoms with Gasteiger partial charge in [0.05, 0.1) is 9.82 Å². The smallest absolute Gasteiger partial charge is 0.258 e. The van der Waals surface area contributed by atoms with Crippen LogP contribution in [0.5, 0.6) is 0 Å². The maximum absolute atomic E-state index is 12.8. The van der Waals surface area contributed by atoms with E-state index in [-0.39, 0.29) is 9.92 Å². The second-order valence-corrected chi connectivity index (χ2v) is 8.06. The third-order valence-electron chi connectivity index (χ3n) is 3.83. The minimum atomic E-state index is -3.78. The van der Waals surface area contributed by atoms with Crippen molar-refractivity contribution >= 4 is 27.3 Å². The van der Waals surface area contributed by atoms with Crippen LogP contribution in [0.4, 0.5) is 5.69 Å². The van der Waals surface area contributed by atoms with Gasteiger partial charge in [-0.05, 0) is 45.2 Å². The summed E-state index contributed by atoms with van der Waals surface area (Å²) in [6.07, 6.45) is 1.54. The van der Waals surface area contributed by atoms with Crippen molar-refractivity contribution in [2.75, 3.05) is 6.54 Å². The van der Waals surface area contributed by atoms with Gasteiger partial charge in [0.15, 0.2) is 0 Å². The highest BCUT2D eigenvalue weighted by atomic mass is 35.5. The van der Waals surface area contributed by atoms with Gasteiger partial charge in [0.1, 0.15) is 5.02 Å². The van der Waals surface area contributed by atoms with Crippen molar-refractivity contribution in [2.24, 2.45) is 0 Å². The highest BCUT2D eigenvalue weighted by molar-refractivity contribution is 7.89. The molecule has 0 saturated carbocycles. The molecule has 0 unspecified atom stereocenters. The summed E-state index contributed by atoms with van der Waals surface area (Å²) in [5.74, 6) is 0. The number of nitro groups is 1. The molecule has 1 heterocycles. The molecule has 0 aliphatic carbocycles. The first-order valence-corrected chi connectivity index (χ1v) is 8.36. The molecule has 0 bridgehead atoms. The van der Waals surface area contributed by atoms with Crippen LogP contribution in [0, 0.1) is 17.0 Å². The fourth-order valence-corrected chi connectivity index (χ4v) is 5.07. The van der Waals surface area contributed by atoms with Crippen LogP contribution in [0.2, 0.25) is 5.02 Å². The molecule has 2 rings (SSSR count). The Balaban J connectivity index is 2.60. The van der Waals surface area contributed by atoms with E-state index in [1.807, 2.05) is 13.8 Å². The Labute approximate surface area is 128 Å². The van der Waals surface area contributed by atoms with E-state index in [0.29, 0.717) is 12.1 Å². The summed E-state index contributed by atoms with van der Waals surface area (Å²) in [6.45, 7) is 5.73. The number of benzene rings is 1. The number of halogens is 1. The van der Waals surface area contributed by atoms with Gasteiger partial charge in [-0.1, -0.05) is 11.6 Å². The first-order valence-electron chi connectivity index (χ1n) is 6.55. The SMILES string of the molecule is Cc1cc(Cl)c([N+](=O)[O-])cc1S(=O)(=O)N1CCCC1(C)C. The van der Waals surface area contributed by atoms with Crippen LogP contribution in [-0.2, 0) is 10.0 Å². The number of hydrogen-bond donors (Lipinski definition) is 0. The quantitative estimate of drug-likeness (QED) is 0.629. The van der Waals surface area contributed by atoms with Crippen molar-refractivity contribution in [1.29, 1.82) is 0 Å². The topological polar surface area (TPSA) is 80.5 Å². The van der Waals surface area contributed by atoms with Crippen molar-refractivity contribution in [3.63, 3.8) is 0 Å². The molecular formula is C13H17ClN2O4S. The predicted molar refractivity (Wildman–Crippen MR) is 80.0 cm³/mol. The van der Waals surface area contributed by atoms with E-state index in [2.05, 4.69) is 0 Å². The van der Waals surface area contributed by atoms with Crippen LogP contribution in [0.15, 0.2) is 17.0 Å². The number of nitrogens with zero attached hydrogens (tertiary/aromatic N) is 2. The molecule has 1 aliphatic rings. The van der Waals surface area contributed by atoms with Crippen LogP contribution in [-0.4, -0.2) is 29.7 Å². The number of sulfonamides is 1. The lowest BCUT2D eigenvalue weighted by molar-refractivity contribution is -0.384. The van der Waals surface area contributed by atoms with Crippen LogP contribution < -0.4 is 0 Å². The Bertz CT molecular complexity index is 700. The van der Waals surface area contributed by atoms with E-state index in [1.54, 1.807) is 6.92 Å². The van der Waals surface area contributed by atoms with E-state index in [4.69, 9.17) is 11.6 Å². The summed E-state index contributed by atoms with van der Waals surface area (Å²) < 4.78 is 27.1. The molecule has 1 aromatic rings. The van der Waals surface area contributed by atoms with Gasteiger partial charge in [-0.15, -0.1) is 0 Å². The zero-order valence-electron chi connectivity index (χ0n) is 12.1. The third-order valence-corrected chi connectivity index (χ3v) is 6.39. The lowest BCUT2D eigenvalue weighted by Gasteiger charge is -2.31. The molecular weight excluding hydrogens is 316 g/mol. The first kappa shape index (κ1) is 16.2. The van der Waals surface area contributed by atoms with Crippen LogP contribution in [0.25, 0.3) is 0 Å². The average molecular weight is 333 g/mol. The van der Waals surface area contributed by atoms with E-state index < -0.39 is 26.2 Å². The summed E-state index contributed by atoms with van der Waals surface area (Å²) in [7, 11) is -3.78. The number of nitro benzene ring substituents is 1. The second kappa shape index (κ2) is 5.23. The zero-order chi connectivity index (χ0) is 16.0. The molecule has 1 fully saturated rings. The maximum Gasteiger partial charge on any atom is 0.289 e. The molecule has 0 amide bonds. The summed E-state index contributed by atoms with van der Waals surface area (Å²) in [5.41, 5.74) is -0.467. The minimum Gasteiger partial charge on any atom is -0.258 e. The number of rotatable bonds is 3. The number of hydrogen-bond acceptors (Lipinski definition) is 4. The Kier molecular flexibility index (Phi) is 4.03. The highest BCUT2D eigenvalue weighted by Crippen LogP contribution is 2.37.